The Labute approximate surface area is 193 Å². The minimum atomic E-state index is -4.08. The molecular weight excluding hydrogens is 464 g/mol. The molecule has 1 aliphatic rings. The van der Waals surface area contributed by atoms with E-state index in [1.54, 1.807) is 7.11 Å². The molecule has 1 aromatic heterocycles. The van der Waals surface area contributed by atoms with Crippen LogP contribution in [0, 0.1) is 5.92 Å². The molecule has 0 amide bonds. The number of nitrogens with zero attached hydrogens (tertiary/aromatic N) is 2. The van der Waals surface area contributed by atoms with E-state index in [2.05, 4.69) is 32.9 Å². The van der Waals surface area contributed by atoms with E-state index >= 15 is 0 Å². The van der Waals surface area contributed by atoms with Crippen molar-refractivity contribution in [1.82, 2.24) is 4.57 Å². The van der Waals surface area contributed by atoms with Crippen molar-refractivity contribution >= 4 is 48.2 Å². The number of aromatic nitrogens is 1. The van der Waals surface area contributed by atoms with Gasteiger partial charge in [-0.3, -0.25) is 4.72 Å². The number of amidine groups is 1. The van der Waals surface area contributed by atoms with Crippen LogP contribution in [-0.2, 0) is 26.6 Å². The van der Waals surface area contributed by atoms with Crippen LogP contribution in [-0.4, -0.2) is 40.6 Å². The Kier molecular flexibility index (Phi) is 5.87. The highest BCUT2D eigenvalue weighted by Gasteiger charge is 2.28. The van der Waals surface area contributed by atoms with Crippen LogP contribution in [0.15, 0.2) is 51.9 Å². The van der Waals surface area contributed by atoms with Crippen LogP contribution in [0.5, 0.6) is 5.75 Å². The second kappa shape index (κ2) is 8.38. The molecule has 11 heteroatoms. The number of benzene rings is 2. The third kappa shape index (κ3) is 4.69. The summed E-state index contributed by atoms with van der Waals surface area (Å²) in [6.07, 6.45) is 3.84. The smallest absolute Gasteiger partial charge is 0.286 e. The van der Waals surface area contributed by atoms with E-state index in [1.165, 1.54) is 18.2 Å². The summed E-state index contributed by atoms with van der Waals surface area (Å²) in [5.41, 5.74) is 1.99. The molecule has 0 atom stereocenters. The first kappa shape index (κ1) is 23.1. The summed E-state index contributed by atoms with van der Waals surface area (Å²) >= 11 is 0. The molecule has 3 aromatic rings. The number of hydrogen-bond acceptors (Lipinski definition) is 6. The SMILES string of the molecule is COc1cccc2c1c(C1=NS(=O)(=O)c3cc(NS(C)(=O)=O)ccc3N1)cn2CCC(C)C. The van der Waals surface area contributed by atoms with Gasteiger partial charge in [-0.15, -0.1) is 4.40 Å². The van der Waals surface area contributed by atoms with Crippen LogP contribution in [0.3, 0.4) is 0 Å². The van der Waals surface area contributed by atoms with Gasteiger partial charge in [-0.25, -0.2) is 8.42 Å². The van der Waals surface area contributed by atoms with Gasteiger partial charge in [0.25, 0.3) is 10.0 Å². The number of anilines is 2. The number of ether oxygens (including phenoxy) is 1. The monoisotopic (exact) mass is 490 g/mol. The molecule has 2 heterocycles. The summed E-state index contributed by atoms with van der Waals surface area (Å²) in [5.74, 6) is 1.30. The van der Waals surface area contributed by atoms with Crippen molar-refractivity contribution in [2.75, 3.05) is 23.4 Å². The first-order valence-electron chi connectivity index (χ1n) is 10.4. The molecule has 0 fully saturated rings. The predicted molar refractivity (Wildman–Crippen MR) is 130 cm³/mol. The first-order chi connectivity index (χ1) is 15.5. The van der Waals surface area contributed by atoms with Crippen LogP contribution in [0.4, 0.5) is 11.4 Å². The summed E-state index contributed by atoms with van der Waals surface area (Å²) in [5, 5.41) is 3.87. The highest BCUT2D eigenvalue weighted by Crippen LogP contribution is 2.36. The maximum absolute atomic E-state index is 13.0. The lowest BCUT2D eigenvalue weighted by Gasteiger charge is -2.19. The maximum atomic E-state index is 13.0. The average Bonchev–Trinajstić information content (AvgIpc) is 3.10. The third-order valence-corrected chi connectivity index (χ3v) is 7.24. The molecule has 1 aliphatic heterocycles. The molecule has 176 valence electrons. The van der Waals surface area contributed by atoms with Gasteiger partial charge >= 0.3 is 0 Å². The first-order valence-corrected chi connectivity index (χ1v) is 13.7. The van der Waals surface area contributed by atoms with Gasteiger partial charge in [-0.1, -0.05) is 19.9 Å². The Morgan fingerprint density at radius 2 is 1.97 bits per heavy atom. The van der Waals surface area contributed by atoms with Gasteiger partial charge in [0, 0.05) is 24.0 Å². The maximum Gasteiger partial charge on any atom is 0.286 e. The Morgan fingerprint density at radius 1 is 1.21 bits per heavy atom. The summed E-state index contributed by atoms with van der Waals surface area (Å²) in [6, 6.07) is 9.97. The van der Waals surface area contributed by atoms with Gasteiger partial charge in [0.1, 0.15) is 10.6 Å². The molecule has 0 radical (unpaired) electrons. The quantitative estimate of drug-likeness (QED) is 0.522. The fourth-order valence-electron chi connectivity index (χ4n) is 3.80. The van der Waals surface area contributed by atoms with Gasteiger partial charge in [-0.2, -0.15) is 8.42 Å². The number of methoxy groups -OCH3 is 1. The van der Waals surface area contributed by atoms with Crippen molar-refractivity contribution in [3.63, 3.8) is 0 Å². The lowest BCUT2D eigenvalue weighted by Crippen LogP contribution is -2.22. The van der Waals surface area contributed by atoms with E-state index < -0.39 is 20.0 Å². The van der Waals surface area contributed by atoms with Crippen LogP contribution < -0.4 is 14.8 Å². The second-order valence-corrected chi connectivity index (χ2v) is 11.7. The van der Waals surface area contributed by atoms with Crippen LogP contribution in [0.1, 0.15) is 25.8 Å². The lowest BCUT2D eigenvalue weighted by molar-refractivity contribution is 0.419. The van der Waals surface area contributed by atoms with Gasteiger partial charge in [0.15, 0.2) is 5.84 Å². The van der Waals surface area contributed by atoms with Gasteiger partial charge < -0.3 is 14.6 Å². The number of nitrogens with one attached hydrogen (secondary N) is 2. The van der Waals surface area contributed by atoms with Crippen molar-refractivity contribution in [2.24, 2.45) is 10.3 Å². The number of aryl methyl sites for hydroxylation is 1. The molecule has 2 N–H and O–H groups in total. The molecule has 2 aromatic carbocycles. The number of fused-ring (bicyclic) bond motifs is 2. The third-order valence-electron chi connectivity index (χ3n) is 5.32. The number of rotatable bonds is 7. The van der Waals surface area contributed by atoms with E-state index in [1.807, 2.05) is 24.4 Å². The van der Waals surface area contributed by atoms with E-state index in [0.717, 1.165) is 30.1 Å². The minimum absolute atomic E-state index is 0.101. The summed E-state index contributed by atoms with van der Waals surface area (Å²) in [6.45, 7) is 5.06. The Bertz CT molecular complexity index is 1470. The van der Waals surface area contributed by atoms with Gasteiger partial charge in [-0.05, 0) is 42.7 Å². The largest absolute Gasteiger partial charge is 0.496 e. The summed E-state index contributed by atoms with van der Waals surface area (Å²) in [4.78, 5) is -0.101. The Morgan fingerprint density at radius 3 is 2.64 bits per heavy atom. The lowest BCUT2D eigenvalue weighted by atomic mass is 10.1. The van der Waals surface area contributed by atoms with Crippen LogP contribution in [0.2, 0.25) is 0 Å². The second-order valence-electron chi connectivity index (χ2n) is 8.40. The van der Waals surface area contributed by atoms with E-state index in [9.17, 15) is 16.8 Å². The van der Waals surface area contributed by atoms with Crippen molar-refractivity contribution in [1.29, 1.82) is 0 Å². The molecule has 0 spiro atoms. The molecule has 0 aliphatic carbocycles. The molecular formula is C22H26N4O5S2. The van der Waals surface area contributed by atoms with Gasteiger partial charge in [0.2, 0.25) is 10.0 Å². The van der Waals surface area contributed by atoms with Crippen LogP contribution in [0.25, 0.3) is 10.9 Å². The fourth-order valence-corrected chi connectivity index (χ4v) is 5.51. The molecule has 0 unspecified atom stereocenters. The standard InChI is InChI=1S/C22H26N4O5S2/c1-14(2)10-11-26-13-16(21-18(26)6-5-7-19(21)31-3)22-23-17-9-8-15(24-32(4,27)28)12-20(17)33(29,30)25-22/h5-9,12-14,24H,10-11H2,1-4H3,(H,23,25). The Hall–Kier alpha value is -3.05. The van der Waals surface area contributed by atoms with E-state index in [4.69, 9.17) is 4.74 Å². The molecule has 4 rings (SSSR count). The van der Waals surface area contributed by atoms with Crippen molar-refractivity contribution in [3.8, 4) is 5.75 Å². The normalized spacial score (nSPS) is 15.1. The van der Waals surface area contributed by atoms with Crippen molar-refractivity contribution < 1.29 is 21.6 Å². The van der Waals surface area contributed by atoms with E-state index in [0.29, 0.717) is 22.9 Å². The number of hydrogen-bond donors (Lipinski definition) is 2. The zero-order valence-electron chi connectivity index (χ0n) is 18.8. The van der Waals surface area contributed by atoms with Gasteiger partial charge in [0.05, 0.1) is 30.0 Å². The molecule has 0 saturated carbocycles. The molecule has 33 heavy (non-hydrogen) atoms. The van der Waals surface area contributed by atoms with E-state index in [-0.39, 0.29) is 16.4 Å². The molecule has 0 saturated heterocycles. The summed E-state index contributed by atoms with van der Waals surface area (Å²) < 4.78 is 63.1. The zero-order chi connectivity index (χ0) is 24.0. The fraction of sp³-hybridized carbons (Fsp3) is 0.318. The Balaban J connectivity index is 1.83. The topological polar surface area (TPSA) is 119 Å². The number of sulfonamides is 2. The van der Waals surface area contributed by atoms with Crippen molar-refractivity contribution in [3.05, 3.63) is 48.2 Å². The van der Waals surface area contributed by atoms with Crippen LogP contribution >= 0.6 is 0 Å². The zero-order valence-corrected chi connectivity index (χ0v) is 20.4. The van der Waals surface area contributed by atoms with Crippen molar-refractivity contribution in [2.45, 2.75) is 31.7 Å². The average molecular weight is 491 g/mol. The predicted octanol–water partition coefficient (Wildman–Crippen LogP) is 3.63. The highest BCUT2D eigenvalue weighted by atomic mass is 32.2. The summed E-state index contributed by atoms with van der Waals surface area (Å²) in [7, 11) is -6.06. The highest BCUT2D eigenvalue weighted by molar-refractivity contribution is 7.92. The molecule has 9 nitrogen and oxygen atoms in total. The molecule has 0 bridgehead atoms. The minimum Gasteiger partial charge on any atom is -0.496 e.